The first-order chi connectivity index (χ1) is 10.0. The molecule has 120 valence electrons. The summed E-state index contributed by atoms with van der Waals surface area (Å²) in [5.74, 6) is 0.0636. The number of hydrogen-bond donors (Lipinski definition) is 0. The fourth-order valence-electron chi connectivity index (χ4n) is 3.60. The van der Waals surface area contributed by atoms with E-state index in [1.807, 2.05) is 18.7 Å². The predicted octanol–water partition coefficient (Wildman–Crippen LogP) is 1.66. The molecule has 2 atom stereocenters. The number of carbonyl (C=O) groups is 2. The van der Waals surface area contributed by atoms with Crippen molar-refractivity contribution in [2.45, 2.75) is 58.0 Å². The number of esters is 1. The standard InChI is InChI=1S/C16H28N2O3/c1-12(2)18(9-7-15(19)21-3)16(20)13-10-14-6-4-5-8-17(14)11-13/h12-14H,4-11H2,1-3H3/t13-,14+/m0/s1. The molecule has 21 heavy (non-hydrogen) atoms. The molecule has 2 fully saturated rings. The van der Waals surface area contributed by atoms with Crippen LogP contribution in [0.2, 0.25) is 0 Å². The molecule has 0 N–H and O–H groups in total. The Kier molecular flexibility index (Phi) is 5.62. The summed E-state index contributed by atoms with van der Waals surface area (Å²) in [5.41, 5.74) is 0. The fraction of sp³-hybridized carbons (Fsp3) is 0.875. The number of methoxy groups -OCH3 is 1. The van der Waals surface area contributed by atoms with Crippen molar-refractivity contribution in [3.63, 3.8) is 0 Å². The van der Waals surface area contributed by atoms with Gasteiger partial charge in [-0.15, -0.1) is 0 Å². The second-order valence-corrected chi connectivity index (χ2v) is 6.53. The Morgan fingerprint density at radius 2 is 2.10 bits per heavy atom. The molecule has 5 heteroatoms. The van der Waals surface area contributed by atoms with Gasteiger partial charge in [-0.25, -0.2) is 0 Å². The minimum atomic E-state index is -0.253. The number of nitrogens with zero attached hydrogens (tertiary/aromatic N) is 2. The van der Waals surface area contributed by atoms with Crippen LogP contribution in [0.1, 0.15) is 46.0 Å². The molecule has 0 aromatic heterocycles. The van der Waals surface area contributed by atoms with E-state index in [2.05, 4.69) is 9.64 Å². The number of piperidine rings is 1. The predicted molar refractivity (Wildman–Crippen MR) is 80.8 cm³/mol. The quantitative estimate of drug-likeness (QED) is 0.724. The van der Waals surface area contributed by atoms with Gasteiger partial charge in [0.1, 0.15) is 0 Å². The first-order valence-corrected chi connectivity index (χ1v) is 8.14. The average molecular weight is 296 g/mol. The number of carbonyl (C=O) groups excluding carboxylic acids is 2. The Labute approximate surface area is 127 Å². The third-order valence-electron chi connectivity index (χ3n) is 4.80. The van der Waals surface area contributed by atoms with E-state index in [-0.39, 0.29) is 30.3 Å². The van der Waals surface area contributed by atoms with Crippen LogP contribution in [-0.2, 0) is 14.3 Å². The van der Waals surface area contributed by atoms with Crippen LogP contribution in [0.4, 0.5) is 0 Å². The lowest BCUT2D eigenvalue weighted by Crippen LogP contribution is -2.43. The van der Waals surface area contributed by atoms with E-state index in [0.717, 1.165) is 19.5 Å². The summed E-state index contributed by atoms with van der Waals surface area (Å²) in [6.45, 7) is 6.52. The minimum Gasteiger partial charge on any atom is -0.469 e. The van der Waals surface area contributed by atoms with Crippen molar-refractivity contribution in [3.8, 4) is 0 Å². The zero-order chi connectivity index (χ0) is 15.4. The van der Waals surface area contributed by atoms with Crippen molar-refractivity contribution in [2.24, 2.45) is 5.92 Å². The Hall–Kier alpha value is -1.10. The molecular formula is C16H28N2O3. The van der Waals surface area contributed by atoms with Gasteiger partial charge in [0.25, 0.3) is 0 Å². The molecule has 5 nitrogen and oxygen atoms in total. The molecule has 0 aromatic carbocycles. The maximum atomic E-state index is 12.8. The third kappa shape index (κ3) is 3.96. The highest BCUT2D eigenvalue weighted by Gasteiger charge is 2.39. The van der Waals surface area contributed by atoms with Gasteiger partial charge < -0.3 is 9.64 Å². The highest BCUT2D eigenvalue weighted by Crippen LogP contribution is 2.31. The Bertz CT molecular complexity index is 370. The van der Waals surface area contributed by atoms with Gasteiger partial charge in [-0.1, -0.05) is 6.42 Å². The molecule has 2 saturated heterocycles. The molecule has 0 radical (unpaired) electrons. The molecule has 0 aromatic rings. The molecule has 0 spiro atoms. The van der Waals surface area contributed by atoms with E-state index >= 15 is 0 Å². The van der Waals surface area contributed by atoms with Crippen LogP contribution >= 0.6 is 0 Å². The first kappa shape index (κ1) is 16.3. The lowest BCUT2D eigenvalue weighted by Gasteiger charge is -2.29. The van der Waals surface area contributed by atoms with Crippen molar-refractivity contribution in [1.29, 1.82) is 0 Å². The third-order valence-corrected chi connectivity index (χ3v) is 4.80. The van der Waals surface area contributed by atoms with Gasteiger partial charge in [0.2, 0.25) is 5.91 Å². The minimum absolute atomic E-state index is 0.105. The molecular weight excluding hydrogens is 268 g/mol. The average Bonchev–Trinajstić information content (AvgIpc) is 2.90. The Balaban J connectivity index is 1.93. The highest BCUT2D eigenvalue weighted by atomic mass is 16.5. The van der Waals surface area contributed by atoms with Crippen LogP contribution < -0.4 is 0 Å². The van der Waals surface area contributed by atoms with E-state index in [1.165, 1.54) is 26.4 Å². The zero-order valence-corrected chi connectivity index (χ0v) is 13.5. The summed E-state index contributed by atoms with van der Waals surface area (Å²) >= 11 is 0. The molecule has 1 amide bonds. The summed E-state index contributed by atoms with van der Waals surface area (Å²) in [5, 5.41) is 0. The largest absolute Gasteiger partial charge is 0.469 e. The zero-order valence-electron chi connectivity index (χ0n) is 13.5. The van der Waals surface area contributed by atoms with Crippen LogP contribution in [0, 0.1) is 5.92 Å². The van der Waals surface area contributed by atoms with Crippen molar-refractivity contribution in [2.75, 3.05) is 26.7 Å². The van der Waals surface area contributed by atoms with Crippen molar-refractivity contribution in [3.05, 3.63) is 0 Å². The van der Waals surface area contributed by atoms with Gasteiger partial charge in [0.05, 0.1) is 19.4 Å². The van der Waals surface area contributed by atoms with E-state index in [0.29, 0.717) is 12.6 Å². The molecule has 0 saturated carbocycles. The highest BCUT2D eigenvalue weighted by molar-refractivity contribution is 5.80. The number of hydrogen-bond acceptors (Lipinski definition) is 4. The number of amides is 1. The summed E-state index contributed by atoms with van der Waals surface area (Å²) < 4.78 is 4.68. The van der Waals surface area contributed by atoms with Gasteiger partial charge in [-0.3, -0.25) is 14.5 Å². The summed E-state index contributed by atoms with van der Waals surface area (Å²) in [6, 6.07) is 0.724. The topological polar surface area (TPSA) is 49.9 Å². The van der Waals surface area contributed by atoms with Crippen LogP contribution in [-0.4, -0.2) is 60.5 Å². The molecule has 2 aliphatic heterocycles. The van der Waals surface area contributed by atoms with Crippen LogP contribution in [0.25, 0.3) is 0 Å². The molecule has 0 aliphatic carbocycles. The van der Waals surface area contributed by atoms with Crippen LogP contribution in [0.5, 0.6) is 0 Å². The summed E-state index contributed by atoms with van der Waals surface area (Å²) in [4.78, 5) is 28.4. The number of ether oxygens (including phenoxy) is 1. The van der Waals surface area contributed by atoms with Gasteiger partial charge >= 0.3 is 5.97 Å². The number of fused-ring (bicyclic) bond motifs is 1. The fourth-order valence-corrected chi connectivity index (χ4v) is 3.60. The summed E-state index contributed by atoms with van der Waals surface area (Å²) in [6.07, 6.45) is 5.04. The molecule has 0 bridgehead atoms. The van der Waals surface area contributed by atoms with E-state index in [4.69, 9.17) is 0 Å². The summed E-state index contributed by atoms with van der Waals surface area (Å²) in [7, 11) is 1.39. The lowest BCUT2D eigenvalue weighted by atomic mass is 9.98. The Morgan fingerprint density at radius 1 is 1.33 bits per heavy atom. The maximum Gasteiger partial charge on any atom is 0.307 e. The van der Waals surface area contributed by atoms with Crippen LogP contribution in [0.15, 0.2) is 0 Å². The SMILES string of the molecule is COC(=O)CCN(C(=O)[C@H]1C[C@H]2CCCCN2C1)C(C)C. The maximum absolute atomic E-state index is 12.8. The second-order valence-electron chi connectivity index (χ2n) is 6.53. The van der Waals surface area contributed by atoms with Crippen molar-refractivity contribution < 1.29 is 14.3 Å². The first-order valence-electron chi connectivity index (χ1n) is 8.14. The monoisotopic (exact) mass is 296 g/mol. The van der Waals surface area contributed by atoms with E-state index in [9.17, 15) is 9.59 Å². The van der Waals surface area contributed by atoms with Gasteiger partial charge in [0, 0.05) is 25.2 Å². The van der Waals surface area contributed by atoms with Gasteiger partial charge in [0.15, 0.2) is 0 Å². The number of rotatable bonds is 5. The van der Waals surface area contributed by atoms with Gasteiger partial charge in [-0.2, -0.15) is 0 Å². The molecule has 0 unspecified atom stereocenters. The van der Waals surface area contributed by atoms with E-state index < -0.39 is 0 Å². The molecule has 2 rings (SSSR count). The molecule has 2 aliphatic rings. The van der Waals surface area contributed by atoms with Crippen LogP contribution in [0.3, 0.4) is 0 Å². The van der Waals surface area contributed by atoms with Crippen molar-refractivity contribution in [1.82, 2.24) is 9.80 Å². The normalized spacial score (nSPS) is 25.7. The molecule has 2 heterocycles. The van der Waals surface area contributed by atoms with Crippen molar-refractivity contribution >= 4 is 11.9 Å². The lowest BCUT2D eigenvalue weighted by molar-refractivity contribution is -0.143. The Morgan fingerprint density at radius 3 is 2.71 bits per heavy atom. The van der Waals surface area contributed by atoms with Gasteiger partial charge in [-0.05, 0) is 39.7 Å². The smallest absolute Gasteiger partial charge is 0.307 e. The second kappa shape index (κ2) is 7.25. The van der Waals surface area contributed by atoms with E-state index in [1.54, 1.807) is 0 Å².